The molecule has 1 aliphatic rings. The Hall–Kier alpha value is -1.18. The van der Waals surface area contributed by atoms with E-state index in [1.165, 1.54) is 14.2 Å². The van der Waals surface area contributed by atoms with Crippen molar-refractivity contribution in [2.24, 2.45) is 5.41 Å². The normalized spacial score (nSPS) is 24.5. The van der Waals surface area contributed by atoms with Crippen molar-refractivity contribution >= 4 is 11.9 Å². The lowest BCUT2D eigenvalue weighted by Crippen LogP contribution is -2.46. The smallest absolute Gasteiger partial charge is 0.369 e. The van der Waals surface area contributed by atoms with Gasteiger partial charge in [0, 0.05) is 6.42 Å². The number of esters is 2. The lowest BCUT2D eigenvalue weighted by Gasteiger charge is -2.29. The van der Waals surface area contributed by atoms with Crippen LogP contribution in [-0.2, 0) is 33.6 Å². The summed E-state index contributed by atoms with van der Waals surface area (Å²) in [7, 11) is 2.46. The van der Waals surface area contributed by atoms with Gasteiger partial charge in [0.2, 0.25) is 0 Å². The Balaban J connectivity index is 2.87. The maximum absolute atomic E-state index is 11.6. The van der Waals surface area contributed by atoms with Gasteiger partial charge in [0.25, 0.3) is 0 Å². The van der Waals surface area contributed by atoms with Gasteiger partial charge >= 0.3 is 17.7 Å². The number of carbonyl (C=O) groups is 2. The molecule has 1 unspecified atom stereocenters. The summed E-state index contributed by atoms with van der Waals surface area (Å²) < 4.78 is 14.3. The van der Waals surface area contributed by atoms with Crippen molar-refractivity contribution in [3.05, 3.63) is 0 Å². The van der Waals surface area contributed by atoms with Crippen molar-refractivity contribution in [1.82, 2.24) is 0 Å². The molecule has 0 bridgehead atoms. The SMILES string of the molecule is COC(=O)C(C)(C)CC1(C(=O)OC)OCOO1. The molecule has 0 aliphatic carbocycles. The third-order valence-electron chi connectivity index (χ3n) is 2.44. The Morgan fingerprint density at radius 1 is 1.29 bits per heavy atom. The lowest BCUT2D eigenvalue weighted by atomic mass is 9.85. The average Bonchev–Trinajstić information content (AvgIpc) is 2.75. The lowest BCUT2D eigenvalue weighted by molar-refractivity contribution is -0.321. The molecule has 0 spiro atoms. The highest BCUT2D eigenvalue weighted by atomic mass is 17.3. The Bertz CT molecular complexity index is 304. The Morgan fingerprint density at radius 3 is 2.35 bits per heavy atom. The van der Waals surface area contributed by atoms with Gasteiger partial charge in [-0.25, -0.2) is 9.68 Å². The van der Waals surface area contributed by atoms with Crippen molar-refractivity contribution in [2.75, 3.05) is 21.0 Å². The van der Waals surface area contributed by atoms with Crippen LogP contribution in [0.3, 0.4) is 0 Å². The number of rotatable bonds is 4. The average molecular weight is 248 g/mol. The zero-order chi connectivity index (χ0) is 13.1. The minimum absolute atomic E-state index is 0.0701. The van der Waals surface area contributed by atoms with Gasteiger partial charge in [0.15, 0.2) is 6.79 Å². The maximum Gasteiger partial charge on any atom is 0.369 e. The van der Waals surface area contributed by atoms with Crippen LogP contribution >= 0.6 is 0 Å². The van der Waals surface area contributed by atoms with Crippen LogP contribution in [0.4, 0.5) is 0 Å². The van der Waals surface area contributed by atoms with E-state index in [4.69, 9.17) is 9.62 Å². The topological polar surface area (TPSA) is 80.3 Å². The second-order valence-electron chi connectivity index (χ2n) is 4.26. The molecule has 0 aromatic rings. The number of methoxy groups -OCH3 is 2. The van der Waals surface area contributed by atoms with Gasteiger partial charge in [0.1, 0.15) is 0 Å². The summed E-state index contributed by atoms with van der Waals surface area (Å²) in [6, 6.07) is 0. The predicted octanol–water partition coefficient (Wildman–Crippen LogP) is 0.381. The molecule has 0 saturated carbocycles. The monoisotopic (exact) mass is 248 g/mol. The first-order valence-corrected chi connectivity index (χ1v) is 4.99. The molecule has 0 aromatic heterocycles. The predicted molar refractivity (Wildman–Crippen MR) is 53.3 cm³/mol. The molecular formula is C10H16O7. The molecule has 1 fully saturated rings. The molecule has 0 N–H and O–H groups in total. The molecule has 1 heterocycles. The van der Waals surface area contributed by atoms with Gasteiger partial charge < -0.3 is 14.2 Å². The molecule has 0 amide bonds. The van der Waals surface area contributed by atoms with E-state index in [1.54, 1.807) is 13.8 Å². The number of carbonyl (C=O) groups excluding carboxylic acids is 2. The van der Waals surface area contributed by atoms with E-state index in [1.807, 2.05) is 0 Å². The van der Waals surface area contributed by atoms with Crippen LogP contribution < -0.4 is 0 Å². The molecule has 1 atom stereocenters. The van der Waals surface area contributed by atoms with Crippen LogP contribution in [0.1, 0.15) is 20.3 Å². The van der Waals surface area contributed by atoms with Gasteiger partial charge in [0.05, 0.1) is 19.6 Å². The van der Waals surface area contributed by atoms with Crippen molar-refractivity contribution in [1.29, 1.82) is 0 Å². The zero-order valence-electron chi connectivity index (χ0n) is 10.3. The van der Waals surface area contributed by atoms with Gasteiger partial charge in [-0.15, -0.1) is 0 Å². The molecule has 17 heavy (non-hydrogen) atoms. The molecule has 1 saturated heterocycles. The maximum atomic E-state index is 11.6. The third-order valence-corrected chi connectivity index (χ3v) is 2.44. The first-order valence-electron chi connectivity index (χ1n) is 4.99. The highest BCUT2D eigenvalue weighted by Crippen LogP contribution is 2.36. The summed E-state index contributed by atoms with van der Waals surface area (Å²) in [4.78, 5) is 32.6. The molecule has 0 radical (unpaired) electrons. The fraction of sp³-hybridized carbons (Fsp3) is 0.800. The fourth-order valence-corrected chi connectivity index (χ4v) is 1.59. The molecule has 98 valence electrons. The van der Waals surface area contributed by atoms with E-state index in [2.05, 4.69) is 14.4 Å². The van der Waals surface area contributed by atoms with Crippen molar-refractivity contribution in [2.45, 2.75) is 26.1 Å². The first kappa shape index (κ1) is 13.9. The quantitative estimate of drug-likeness (QED) is 0.525. The first-order chi connectivity index (χ1) is 7.88. The van der Waals surface area contributed by atoms with Gasteiger partial charge in [-0.2, -0.15) is 4.89 Å². The van der Waals surface area contributed by atoms with Crippen LogP contribution in [0.25, 0.3) is 0 Å². The van der Waals surface area contributed by atoms with Crippen molar-refractivity contribution in [3.8, 4) is 0 Å². The highest BCUT2D eigenvalue weighted by molar-refractivity contribution is 5.81. The van der Waals surface area contributed by atoms with E-state index in [-0.39, 0.29) is 13.2 Å². The summed E-state index contributed by atoms with van der Waals surface area (Å²) in [6.07, 6.45) is -0.0701. The zero-order valence-corrected chi connectivity index (χ0v) is 10.3. The second kappa shape index (κ2) is 4.99. The van der Waals surface area contributed by atoms with E-state index in [0.29, 0.717) is 0 Å². The van der Waals surface area contributed by atoms with Crippen LogP contribution in [-0.4, -0.2) is 38.7 Å². The number of hydrogen-bond acceptors (Lipinski definition) is 7. The Kier molecular flexibility index (Phi) is 4.07. The molecule has 7 heteroatoms. The molecule has 1 aliphatic heterocycles. The Labute approximate surface area is 98.8 Å². The third kappa shape index (κ3) is 2.74. The minimum atomic E-state index is -1.72. The van der Waals surface area contributed by atoms with Crippen LogP contribution in [0.5, 0.6) is 0 Å². The van der Waals surface area contributed by atoms with E-state index in [0.717, 1.165) is 0 Å². The Morgan fingerprint density at radius 2 is 1.94 bits per heavy atom. The van der Waals surface area contributed by atoms with Crippen LogP contribution in [0.2, 0.25) is 0 Å². The van der Waals surface area contributed by atoms with E-state index in [9.17, 15) is 9.59 Å². The molecule has 0 aromatic carbocycles. The summed E-state index contributed by atoms with van der Waals surface area (Å²) in [6.45, 7) is 3.01. The summed E-state index contributed by atoms with van der Waals surface area (Å²) >= 11 is 0. The standard InChI is InChI=1S/C10H16O7/c1-9(2,7(11)13-3)5-10(8(12)14-4)15-6-16-17-10/h5-6H2,1-4H3. The van der Waals surface area contributed by atoms with E-state index < -0.39 is 23.1 Å². The second-order valence-corrected chi connectivity index (χ2v) is 4.26. The molecule has 1 rings (SSSR count). The van der Waals surface area contributed by atoms with Crippen molar-refractivity contribution < 1.29 is 33.6 Å². The van der Waals surface area contributed by atoms with Crippen LogP contribution in [0, 0.1) is 5.41 Å². The molecule has 7 nitrogen and oxygen atoms in total. The highest BCUT2D eigenvalue weighted by Gasteiger charge is 2.53. The van der Waals surface area contributed by atoms with Gasteiger partial charge in [-0.3, -0.25) is 4.79 Å². The van der Waals surface area contributed by atoms with E-state index >= 15 is 0 Å². The summed E-state index contributed by atoms with van der Waals surface area (Å²) in [5.41, 5.74) is -0.976. The van der Waals surface area contributed by atoms with Gasteiger partial charge in [-0.05, 0) is 13.8 Å². The molecular weight excluding hydrogens is 232 g/mol. The number of hydrogen-bond donors (Lipinski definition) is 0. The fourth-order valence-electron chi connectivity index (χ4n) is 1.59. The van der Waals surface area contributed by atoms with Crippen LogP contribution in [0.15, 0.2) is 0 Å². The largest absolute Gasteiger partial charge is 0.469 e. The number of ether oxygens (including phenoxy) is 3. The minimum Gasteiger partial charge on any atom is -0.469 e. The van der Waals surface area contributed by atoms with Crippen molar-refractivity contribution in [3.63, 3.8) is 0 Å². The summed E-state index contributed by atoms with van der Waals surface area (Å²) in [5.74, 6) is -2.96. The summed E-state index contributed by atoms with van der Waals surface area (Å²) in [5, 5.41) is 0. The van der Waals surface area contributed by atoms with Gasteiger partial charge in [-0.1, -0.05) is 0 Å².